The maximum atomic E-state index is 6.15. The first-order valence-electron chi connectivity index (χ1n) is 7.74. The summed E-state index contributed by atoms with van der Waals surface area (Å²) in [5, 5.41) is 2.48. The van der Waals surface area contributed by atoms with Crippen LogP contribution in [-0.2, 0) is 0 Å². The van der Waals surface area contributed by atoms with E-state index in [9.17, 15) is 0 Å². The third kappa shape index (κ3) is 2.41. The van der Waals surface area contributed by atoms with E-state index in [0.29, 0.717) is 0 Å². The van der Waals surface area contributed by atoms with Gasteiger partial charge in [0.05, 0.1) is 0 Å². The number of aryl methyl sites for hydroxylation is 2. The van der Waals surface area contributed by atoms with Crippen LogP contribution in [0.2, 0.25) is 0 Å². The fraction of sp³-hybridized carbons (Fsp3) is 0.200. The molecule has 0 aliphatic carbocycles. The molecule has 0 unspecified atom stereocenters. The van der Waals surface area contributed by atoms with Crippen LogP contribution in [-0.4, -0.2) is 6.54 Å². The van der Waals surface area contributed by atoms with Crippen LogP contribution in [0.15, 0.2) is 54.6 Å². The van der Waals surface area contributed by atoms with E-state index in [1.54, 1.807) is 0 Å². The van der Waals surface area contributed by atoms with E-state index < -0.39 is 0 Å². The molecule has 0 aromatic heterocycles. The van der Waals surface area contributed by atoms with Gasteiger partial charge >= 0.3 is 0 Å². The van der Waals surface area contributed by atoms with E-state index in [-0.39, 0.29) is 0 Å². The van der Waals surface area contributed by atoms with E-state index in [0.717, 1.165) is 17.8 Å². The predicted octanol–water partition coefficient (Wildman–Crippen LogP) is 5.20. The molecule has 112 valence electrons. The van der Waals surface area contributed by atoms with Crippen molar-refractivity contribution in [2.24, 2.45) is 0 Å². The van der Waals surface area contributed by atoms with Crippen molar-refractivity contribution in [3.63, 3.8) is 0 Å². The Morgan fingerprint density at radius 3 is 2.32 bits per heavy atom. The average Bonchev–Trinajstić information content (AvgIpc) is 2.54. The molecule has 3 aromatic rings. The van der Waals surface area contributed by atoms with Crippen molar-refractivity contribution in [3.05, 3.63) is 65.7 Å². The SMILES string of the molecule is CCN(c1ccccc1)c1ccc2c(C)c(N)c(C)cc2c1. The third-order valence-electron chi connectivity index (χ3n) is 4.34. The van der Waals surface area contributed by atoms with Crippen molar-refractivity contribution in [2.45, 2.75) is 20.8 Å². The summed E-state index contributed by atoms with van der Waals surface area (Å²) >= 11 is 0. The van der Waals surface area contributed by atoms with Gasteiger partial charge in [-0.25, -0.2) is 0 Å². The molecule has 3 rings (SSSR count). The third-order valence-corrected chi connectivity index (χ3v) is 4.34. The van der Waals surface area contributed by atoms with E-state index in [2.05, 4.69) is 74.2 Å². The maximum absolute atomic E-state index is 6.15. The second kappa shape index (κ2) is 5.72. The summed E-state index contributed by atoms with van der Waals surface area (Å²) in [6.07, 6.45) is 0. The van der Waals surface area contributed by atoms with E-state index in [1.165, 1.54) is 27.7 Å². The first-order chi connectivity index (χ1) is 10.6. The molecular weight excluding hydrogens is 268 g/mol. The zero-order valence-corrected chi connectivity index (χ0v) is 13.4. The van der Waals surface area contributed by atoms with Crippen LogP contribution >= 0.6 is 0 Å². The van der Waals surface area contributed by atoms with Crippen LogP contribution in [0.25, 0.3) is 10.8 Å². The number of nitrogens with two attached hydrogens (primary N) is 1. The Balaban J connectivity index is 2.14. The molecule has 0 atom stereocenters. The highest BCUT2D eigenvalue weighted by Crippen LogP contribution is 2.32. The normalized spacial score (nSPS) is 10.9. The number of rotatable bonds is 3. The van der Waals surface area contributed by atoms with Gasteiger partial charge in [0.2, 0.25) is 0 Å². The summed E-state index contributed by atoms with van der Waals surface area (Å²) < 4.78 is 0. The van der Waals surface area contributed by atoms with Crippen LogP contribution in [0.1, 0.15) is 18.1 Å². The second-order valence-electron chi connectivity index (χ2n) is 5.72. The molecule has 0 bridgehead atoms. The fourth-order valence-corrected chi connectivity index (χ4v) is 3.05. The molecular formula is C20H22N2. The largest absolute Gasteiger partial charge is 0.398 e. The lowest BCUT2D eigenvalue weighted by Crippen LogP contribution is -2.15. The molecule has 2 nitrogen and oxygen atoms in total. The second-order valence-corrected chi connectivity index (χ2v) is 5.72. The molecule has 0 fully saturated rings. The van der Waals surface area contributed by atoms with Gasteiger partial charge in [0.15, 0.2) is 0 Å². The topological polar surface area (TPSA) is 29.3 Å². The Labute approximate surface area is 132 Å². The summed E-state index contributed by atoms with van der Waals surface area (Å²) in [6.45, 7) is 7.28. The Kier molecular flexibility index (Phi) is 3.76. The van der Waals surface area contributed by atoms with Gasteiger partial charge in [-0.1, -0.05) is 24.3 Å². The lowest BCUT2D eigenvalue weighted by atomic mass is 9.99. The van der Waals surface area contributed by atoms with Crippen LogP contribution in [0, 0.1) is 13.8 Å². The number of fused-ring (bicyclic) bond motifs is 1. The lowest BCUT2D eigenvalue weighted by molar-refractivity contribution is 1.03. The molecule has 22 heavy (non-hydrogen) atoms. The number of hydrogen-bond acceptors (Lipinski definition) is 2. The highest BCUT2D eigenvalue weighted by molar-refractivity contribution is 5.93. The van der Waals surface area contributed by atoms with Crippen molar-refractivity contribution in [3.8, 4) is 0 Å². The molecule has 0 aliphatic rings. The zero-order chi connectivity index (χ0) is 15.7. The van der Waals surface area contributed by atoms with Gasteiger partial charge in [0.25, 0.3) is 0 Å². The first kappa shape index (κ1) is 14.5. The standard InChI is InChI=1S/C20H22N2/c1-4-22(17-8-6-5-7-9-17)18-10-11-19-15(3)20(21)14(2)12-16(19)13-18/h5-13H,4,21H2,1-3H3. The monoisotopic (exact) mass is 290 g/mol. The Bertz CT molecular complexity index is 807. The van der Waals surface area contributed by atoms with Gasteiger partial charge in [-0.05, 0) is 73.0 Å². The zero-order valence-electron chi connectivity index (χ0n) is 13.4. The molecule has 0 saturated carbocycles. The fourth-order valence-electron chi connectivity index (χ4n) is 3.05. The van der Waals surface area contributed by atoms with E-state index >= 15 is 0 Å². The van der Waals surface area contributed by atoms with Gasteiger partial charge in [-0.15, -0.1) is 0 Å². The van der Waals surface area contributed by atoms with Crippen molar-refractivity contribution < 1.29 is 0 Å². The molecule has 0 radical (unpaired) electrons. The number of nitrogens with zero attached hydrogens (tertiary/aromatic N) is 1. The highest BCUT2D eigenvalue weighted by atomic mass is 15.1. The minimum atomic E-state index is 0.899. The first-order valence-corrected chi connectivity index (χ1v) is 7.74. The minimum absolute atomic E-state index is 0.899. The Hall–Kier alpha value is -2.48. The van der Waals surface area contributed by atoms with Crippen molar-refractivity contribution in [2.75, 3.05) is 17.2 Å². The van der Waals surface area contributed by atoms with Gasteiger partial charge in [-0.2, -0.15) is 0 Å². The van der Waals surface area contributed by atoms with Crippen LogP contribution in [0.5, 0.6) is 0 Å². The molecule has 0 heterocycles. The lowest BCUT2D eigenvalue weighted by Gasteiger charge is -2.24. The molecule has 0 amide bonds. The maximum Gasteiger partial charge on any atom is 0.0417 e. The van der Waals surface area contributed by atoms with Crippen LogP contribution in [0.4, 0.5) is 17.1 Å². The number of benzene rings is 3. The van der Waals surface area contributed by atoms with Crippen molar-refractivity contribution in [1.82, 2.24) is 0 Å². The van der Waals surface area contributed by atoms with Gasteiger partial charge in [0.1, 0.15) is 0 Å². The van der Waals surface area contributed by atoms with Crippen LogP contribution < -0.4 is 10.6 Å². The van der Waals surface area contributed by atoms with E-state index in [4.69, 9.17) is 5.73 Å². The minimum Gasteiger partial charge on any atom is -0.398 e. The van der Waals surface area contributed by atoms with Gasteiger partial charge in [0, 0.05) is 23.6 Å². The van der Waals surface area contributed by atoms with Crippen LogP contribution in [0.3, 0.4) is 0 Å². The van der Waals surface area contributed by atoms with Gasteiger partial charge < -0.3 is 10.6 Å². The number of nitrogen functional groups attached to an aromatic ring is 1. The predicted molar refractivity (Wildman–Crippen MR) is 97.0 cm³/mol. The summed E-state index contributed by atoms with van der Waals surface area (Å²) in [5.41, 5.74) is 11.8. The summed E-state index contributed by atoms with van der Waals surface area (Å²) in [5.74, 6) is 0. The van der Waals surface area contributed by atoms with Gasteiger partial charge in [-0.3, -0.25) is 0 Å². The highest BCUT2D eigenvalue weighted by Gasteiger charge is 2.10. The average molecular weight is 290 g/mol. The number of hydrogen-bond donors (Lipinski definition) is 1. The Morgan fingerprint density at radius 1 is 0.909 bits per heavy atom. The van der Waals surface area contributed by atoms with E-state index in [1.807, 2.05) is 6.07 Å². The summed E-state index contributed by atoms with van der Waals surface area (Å²) in [7, 11) is 0. The molecule has 3 aromatic carbocycles. The molecule has 2 N–H and O–H groups in total. The summed E-state index contributed by atoms with van der Waals surface area (Å²) in [4.78, 5) is 2.32. The number of para-hydroxylation sites is 1. The van der Waals surface area contributed by atoms with Crippen molar-refractivity contribution in [1.29, 1.82) is 0 Å². The Morgan fingerprint density at radius 2 is 1.64 bits per heavy atom. The summed E-state index contributed by atoms with van der Waals surface area (Å²) in [6, 6.07) is 19.3. The molecule has 2 heteroatoms. The molecule has 0 saturated heterocycles. The number of anilines is 3. The molecule has 0 aliphatic heterocycles. The quantitative estimate of drug-likeness (QED) is 0.672. The smallest absolute Gasteiger partial charge is 0.0417 e. The molecule has 0 spiro atoms. The van der Waals surface area contributed by atoms with Crippen molar-refractivity contribution >= 4 is 27.8 Å².